The van der Waals surface area contributed by atoms with Crippen LogP contribution in [0.4, 0.5) is 22.7 Å². The fourth-order valence-electron chi connectivity index (χ4n) is 8.18. The second-order valence-electron chi connectivity index (χ2n) is 16.2. The molecule has 10 aromatic rings. The molecule has 0 bridgehead atoms. The Balaban J connectivity index is 0.00000736. The Morgan fingerprint density at radius 1 is 0.631 bits per heavy atom. The van der Waals surface area contributed by atoms with E-state index in [1.807, 2.05) is 71.1 Å². The van der Waals surface area contributed by atoms with E-state index < -0.39 is 79.0 Å². The van der Waals surface area contributed by atoms with E-state index in [0.29, 0.717) is 44.6 Å². The maximum absolute atomic E-state index is 9.16. The van der Waals surface area contributed by atoms with Gasteiger partial charge in [0.2, 0.25) is 0 Å². The summed E-state index contributed by atoms with van der Waals surface area (Å²) in [4.78, 5) is 8.11. The molecule has 8 aromatic carbocycles. The van der Waals surface area contributed by atoms with Gasteiger partial charge in [0.05, 0.1) is 17.8 Å². The van der Waals surface area contributed by atoms with E-state index in [4.69, 9.17) is 26.7 Å². The molecule has 0 aliphatic carbocycles. The normalized spacial score (nSPS) is 16.0. The maximum atomic E-state index is 9.16. The molecular weight excluding hydrogens is 976 g/mol. The summed E-state index contributed by atoms with van der Waals surface area (Å²) in [5.41, 5.74) is 5.45. The molecule has 11 rings (SSSR count). The Bertz CT molecular complexity index is 4190. The fourth-order valence-corrected chi connectivity index (χ4v) is 8.18. The number of rotatable bonds is 8. The van der Waals surface area contributed by atoms with Crippen molar-refractivity contribution in [2.45, 2.75) is 33.0 Å². The van der Waals surface area contributed by atoms with Crippen molar-refractivity contribution < 1.29 is 47.7 Å². The Hall–Kier alpha value is -7.20. The van der Waals surface area contributed by atoms with Gasteiger partial charge in [-0.05, 0) is 81.3 Å². The molecule has 6 heteroatoms. The number of hydrogen-bond donors (Lipinski definition) is 0. The number of fused-ring (bicyclic) bond motifs is 4. The molecule has 2 aromatic heterocycles. The quantitative estimate of drug-likeness (QED) is 0.142. The molecule has 1 aliphatic rings. The molecule has 320 valence electrons. The largest absolute Gasteiger partial charge is 0.509 e. The molecule has 65 heavy (non-hydrogen) atoms. The minimum Gasteiger partial charge on any atom is -0.509 e. The molecule has 0 N–H and O–H groups in total. The van der Waals surface area contributed by atoms with Crippen molar-refractivity contribution in [2.24, 2.45) is 0 Å². The summed E-state index contributed by atoms with van der Waals surface area (Å²) < 4.78 is 145. The minimum absolute atomic E-state index is 0. The zero-order valence-corrected chi connectivity index (χ0v) is 37.3. The van der Waals surface area contributed by atoms with Crippen molar-refractivity contribution in [3.63, 3.8) is 0 Å². The standard InChI is InChI=1S/C59H45N4O.Pt/c1-40-32-33-60-57(34-40)63-53-31-28-43(41-16-7-5-8-17-41)36-52(53)51-30-29-48(38-56(51)63)64-47-23-14-22-46(37-47)61-39-62(55-27-12-11-26-54(55)61)58-49(42-18-9-6-10-19-42)24-15-25-50(58)44-20-13-21-45(35-44)59(2,3)4;/h5-36,39H,1-4H3;/q-3;/i1D3,5D,6D,7D,8D,9D,10D,16D,17D,18D,19D,32D,33D,34D;. The van der Waals surface area contributed by atoms with E-state index in [1.54, 1.807) is 42.5 Å². The molecule has 0 unspecified atom stereocenters. The van der Waals surface area contributed by atoms with Crippen LogP contribution in [0.15, 0.2) is 194 Å². The first-order valence-corrected chi connectivity index (χ1v) is 20.5. The first-order chi connectivity index (χ1) is 37.9. The molecule has 0 amide bonds. The van der Waals surface area contributed by atoms with Crippen LogP contribution in [0.25, 0.3) is 61.0 Å². The maximum Gasteiger partial charge on any atom is 0.135 e. The van der Waals surface area contributed by atoms with Gasteiger partial charge in [-0.3, -0.25) is 0 Å². The summed E-state index contributed by atoms with van der Waals surface area (Å²) in [6.45, 7) is 5.24. The number of anilines is 4. The van der Waals surface area contributed by atoms with Crippen LogP contribution in [0.3, 0.4) is 0 Å². The molecule has 0 atom stereocenters. The Kier molecular flexibility index (Phi) is 7.14. The van der Waals surface area contributed by atoms with Crippen molar-refractivity contribution in [2.75, 3.05) is 9.80 Å². The number of ether oxygens (including phenoxy) is 1. The van der Waals surface area contributed by atoms with E-state index in [9.17, 15) is 0 Å². The van der Waals surface area contributed by atoms with Crippen LogP contribution in [0.5, 0.6) is 11.5 Å². The summed E-state index contributed by atoms with van der Waals surface area (Å²) in [6, 6.07) is 35.3. The summed E-state index contributed by atoms with van der Waals surface area (Å²) in [5, 5.41) is 0.888. The first-order valence-electron chi connectivity index (χ1n) is 28.5. The molecule has 5 nitrogen and oxygen atoms in total. The summed E-state index contributed by atoms with van der Waals surface area (Å²) in [7, 11) is 0. The van der Waals surface area contributed by atoms with Gasteiger partial charge in [0, 0.05) is 76.6 Å². The van der Waals surface area contributed by atoms with Crippen molar-refractivity contribution in [1.82, 2.24) is 9.55 Å². The van der Waals surface area contributed by atoms with Crippen LogP contribution >= 0.6 is 0 Å². The summed E-state index contributed by atoms with van der Waals surface area (Å²) >= 11 is 0. The van der Waals surface area contributed by atoms with Crippen molar-refractivity contribution in [3.05, 3.63) is 224 Å². The Labute approximate surface area is 418 Å². The van der Waals surface area contributed by atoms with E-state index in [1.165, 1.54) is 10.6 Å². The molecule has 1 aliphatic heterocycles. The van der Waals surface area contributed by atoms with Gasteiger partial charge < -0.3 is 19.1 Å². The van der Waals surface area contributed by atoms with Gasteiger partial charge >= 0.3 is 0 Å². The smallest absolute Gasteiger partial charge is 0.135 e. The zero-order valence-electron chi connectivity index (χ0n) is 51.1. The summed E-state index contributed by atoms with van der Waals surface area (Å²) in [6.07, 6.45) is -0.686. The molecular formula is C59H45N4OPt-3. The second-order valence-corrected chi connectivity index (χ2v) is 16.2. The third-order valence-corrected chi connectivity index (χ3v) is 11.2. The minimum atomic E-state index is -2.97. The van der Waals surface area contributed by atoms with Gasteiger partial charge in [-0.15, -0.1) is 48.1 Å². The van der Waals surface area contributed by atoms with Crippen LogP contribution in [-0.2, 0) is 26.5 Å². The average Bonchev–Trinajstić information content (AvgIpc) is 4.06. The third-order valence-electron chi connectivity index (χ3n) is 11.2. The first kappa shape index (κ1) is 27.2. The van der Waals surface area contributed by atoms with Crippen LogP contribution in [0, 0.1) is 25.7 Å². The molecule has 0 spiro atoms. The molecule has 0 saturated heterocycles. The van der Waals surface area contributed by atoms with E-state index >= 15 is 0 Å². The molecule has 3 heterocycles. The van der Waals surface area contributed by atoms with Crippen LogP contribution in [0.2, 0.25) is 0 Å². The van der Waals surface area contributed by atoms with E-state index in [2.05, 4.69) is 50.0 Å². The molecule has 0 saturated carbocycles. The predicted molar refractivity (Wildman–Crippen MR) is 264 cm³/mol. The van der Waals surface area contributed by atoms with Crippen molar-refractivity contribution in [1.29, 1.82) is 0 Å². The number of aromatic nitrogens is 2. The predicted octanol–water partition coefficient (Wildman–Crippen LogP) is 15.6. The van der Waals surface area contributed by atoms with Crippen molar-refractivity contribution in [3.8, 4) is 50.7 Å². The average molecular weight is 1040 g/mol. The van der Waals surface area contributed by atoms with Gasteiger partial charge in [0.1, 0.15) is 5.82 Å². The molecule has 0 fully saturated rings. The van der Waals surface area contributed by atoms with Gasteiger partial charge in [-0.2, -0.15) is 12.1 Å². The number of benzene rings is 8. The SMILES string of the molecule is [2H]c1nc(-n2c3[c-]c(Oc4[c-]c(N5[CH-]N(c6c(-c7cccc(C(C)(C)C)c7)cccc6-c6c([2H])c([2H])c([2H])c([2H])c6[2H])c6ccccc65)ccc4)ccc3c3cc(-c4c([2H])c([2H])c([2H])c([2H])c4[2H])ccc32)c([2H])c(C([2H])([2H])[2H])c1[2H].[Pt]. The third kappa shape index (κ3) is 7.81. The fraction of sp³-hybridized carbons (Fsp3) is 0.0847. The van der Waals surface area contributed by atoms with E-state index in [-0.39, 0.29) is 78.1 Å². The van der Waals surface area contributed by atoms with E-state index in [0.717, 1.165) is 16.7 Å². The molecule has 0 radical (unpaired) electrons. The summed E-state index contributed by atoms with van der Waals surface area (Å²) in [5.74, 6) is 0.0677. The number of nitrogens with zero attached hydrogens (tertiary/aromatic N) is 4. The Morgan fingerprint density at radius 3 is 2.11 bits per heavy atom. The number of pyridine rings is 1. The number of hydrogen-bond acceptors (Lipinski definition) is 4. The second kappa shape index (κ2) is 17.1. The van der Waals surface area contributed by atoms with Gasteiger partial charge in [0.25, 0.3) is 0 Å². The van der Waals surface area contributed by atoms with Gasteiger partial charge in [0.15, 0.2) is 0 Å². The zero-order chi connectivity index (χ0) is 57.2. The van der Waals surface area contributed by atoms with Gasteiger partial charge in [-0.1, -0.05) is 153 Å². The Morgan fingerprint density at radius 2 is 1.34 bits per heavy atom. The van der Waals surface area contributed by atoms with Crippen LogP contribution in [-0.4, -0.2) is 9.55 Å². The number of para-hydroxylation sites is 3. The topological polar surface area (TPSA) is 33.5 Å². The van der Waals surface area contributed by atoms with Crippen molar-refractivity contribution >= 4 is 44.6 Å². The monoisotopic (exact) mass is 1040 g/mol. The van der Waals surface area contributed by atoms with Gasteiger partial charge in [-0.25, -0.2) is 4.98 Å². The van der Waals surface area contributed by atoms with Crippen LogP contribution < -0.4 is 14.5 Å². The van der Waals surface area contributed by atoms with Crippen LogP contribution in [0.1, 0.15) is 53.8 Å².